The summed E-state index contributed by atoms with van der Waals surface area (Å²) >= 11 is 3.35. The number of hydrogen-bond acceptors (Lipinski definition) is 2. The van der Waals surface area contributed by atoms with Crippen molar-refractivity contribution in [2.24, 2.45) is 0 Å². The van der Waals surface area contributed by atoms with Gasteiger partial charge in [-0.1, -0.05) is 52.3 Å². The summed E-state index contributed by atoms with van der Waals surface area (Å²) in [5, 5.41) is 9.27. The van der Waals surface area contributed by atoms with E-state index in [1.54, 1.807) is 18.2 Å². The van der Waals surface area contributed by atoms with Crippen LogP contribution in [0.1, 0.15) is 11.5 Å². The molecule has 0 aliphatic carbocycles. The maximum absolute atomic E-state index is 11.3. The number of hydrogen-bond donors (Lipinski definition) is 1. The molecule has 2 rings (SSSR count). The second kappa shape index (κ2) is 6.38. The molecule has 0 aliphatic rings. The van der Waals surface area contributed by atoms with Gasteiger partial charge in [0.25, 0.3) is 0 Å². The fraction of sp³-hybridized carbons (Fsp3) is 0.133. The molecule has 1 atom stereocenters. The van der Waals surface area contributed by atoms with Crippen LogP contribution >= 0.6 is 15.9 Å². The molecule has 2 aromatic carbocycles. The third-order valence-corrected chi connectivity index (χ3v) is 3.21. The molecule has 0 aromatic heterocycles. The molecule has 1 N–H and O–H groups in total. The monoisotopic (exact) mass is 320 g/mol. The lowest BCUT2D eigenvalue weighted by Crippen LogP contribution is -2.19. The summed E-state index contributed by atoms with van der Waals surface area (Å²) < 4.78 is 6.45. The lowest BCUT2D eigenvalue weighted by molar-refractivity contribution is -0.139. The van der Waals surface area contributed by atoms with E-state index in [0.717, 1.165) is 10.0 Å². The minimum atomic E-state index is -0.888. The van der Waals surface area contributed by atoms with Gasteiger partial charge in [-0.3, -0.25) is 4.79 Å². The van der Waals surface area contributed by atoms with E-state index < -0.39 is 11.9 Å². The largest absolute Gasteiger partial charge is 0.492 e. The Hall–Kier alpha value is -1.81. The summed E-state index contributed by atoms with van der Waals surface area (Å²) in [6.07, 6.45) is 0. The molecule has 0 saturated heterocycles. The summed E-state index contributed by atoms with van der Waals surface area (Å²) in [7, 11) is 0. The Morgan fingerprint density at radius 3 is 2.53 bits per heavy atom. The predicted molar refractivity (Wildman–Crippen MR) is 76.5 cm³/mol. The van der Waals surface area contributed by atoms with Gasteiger partial charge in [0.1, 0.15) is 18.3 Å². The molecule has 0 bridgehead atoms. The first-order valence-corrected chi connectivity index (χ1v) is 6.62. The lowest BCUT2D eigenvalue weighted by atomic mass is 10.0. The van der Waals surface area contributed by atoms with Gasteiger partial charge in [0.05, 0.1) is 0 Å². The van der Waals surface area contributed by atoms with E-state index in [4.69, 9.17) is 4.74 Å². The maximum atomic E-state index is 11.3. The number of benzene rings is 2. The number of carboxylic acid groups (broad SMARTS) is 1. The van der Waals surface area contributed by atoms with Crippen molar-refractivity contribution in [2.45, 2.75) is 5.92 Å². The molecule has 0 amide bonds. The van der Waals surface area contributed by atoms with Gasteiger partial charge in [-0.15, -0.1) is 0 Å². The fourth-order valence-electron chi connectivity index (χ4n) is 1.73. The Balaban J connectivity index is 2.08. The standard InChI is InChI=1S/C15H13BrO3/c16-12-7-4-8-13(9-12)19-10-14(15(17)18)11-5-2-1-3-6-11/h1-9,14H,10H2,(H,17,18). The van der Waals surface area contributed by atoms with E-state index >= 15 is 0 Å². The van der Waals surface area contributed by atoms with E-state index in [-0.39, 0.29) is 6.61 Å². The highest BCUT2D eigenvalue weighted by Gasteiger charge is 2.20. The zero-order valence-corrected chi connectivity index (χ0v) is 11.7. The van der Waals surface area contributed by atoms with Crippen molar-refractivity contribution in [3.05, 3.63) is 64.6 Å². The number of rotatable bonds is 5. The topological polar surface area (TPSA) is 46.5 Å². The van der Waals surface area contributed by atoms with Crippen LogP contribution in [-0.4, -0.2) is 17.7 Å². The van der Waals surface area contributed by atoms with Crippen LogP contribution in [0.2, 0.25) is 0 Å². The molecule has 0 radical (unpaired) electrons. The Morgan fingerprint density at radius 1 is 1.16 bits per heavy atom. The van der Waals surface area contributed by atoms with Crippen molar-refractivity contribution in [2.75, 3.05) is 6.61 Å². The summed E-state index contributed by atoms with van der Waals surface area (Å²) in [6, 6.07) is 16.4. The zero-order valence-electron chi connectivity index (χ0n) is 10.1. The summed E-state index contributed by atoms with van der Waals surface area (Å²) in [6.45, 7) is 0.107. The van der Waals surface area contributed by atoms with E-state index in [9.17, 15) is 9.90 Å². The first-order chi connectivity index (χ1) is 9.16. The quantitative estimate of drug-likeness (QED) is 0.913. The Kier molecular flexibility index (Phi) is 4.58. The molecule has 1 unspecified atom stereocenters. The molecule has 19 heavy (non-hydrogen) atoms. The number of ether oxygens (including phenoxy) is 1. The second-order valence-electron chi connectivity index (χ2n) is 4.07. The van der Waals surface area contributed by atoms with Gasteiger partial charge in [-0.2, -0.15) is 0 Å². The van der Waals surface area contributed by atoms with Gasteiger partial charge in [0, 0.05) is 4.47 Å². The fourth-order valence-corrected chi connectivity index (χ4v) is 2.11. The highest BCUT2D eigenvalue weighted by Crippen LogP contribution is 2.21. The third-order valence-electron chi connectivity index (χ3n) is 2.71. The van der Waals surface area contributed by atoms with Gasteiger partial charge in [-0.05, 0) is 23.8 Å². The molecule has 98 valence electrons. The molecular weight excluding hydrogens is 308 g/mol. The number of halogens is 1. The van der Waals surface area contributed by atoms with Crippen LogP contribution in [0, 0.1) is 0 Å². The SMILES string of the molecule is O=C(O)C(COc1cccc(Br)c1)c1ccccc1. The van der Waals surface area contributed by atoms with Crippen LogP contribution in [0.25, 0.3) is 0 Å². The van der Waals surface area contributed by atoms with E-state index in [2.05, 4.69) is 15.9 Å². The van der Waals surface area contributed by atoms with Crippen LogP contribution in [0.4, 0.5) is 0 Å². The normalized spacial score (nSPS) is 11.8. The summed E-state index contributed by atoms with van der Waals surface area (Å²) in [5.41, 5.74) is 0.741. The average molecular weight is 321 g/mol. The minimum absolute atomic E-state index is 0.107. The van der Waals surface area contributed by atoms with Crippen molar-refractivity contribution in [1.82, 2.24) is 0 Å². The highest BCUT2D eigenvalue weighted by molar-refractivity contribution is 9.10. The molecule has 2 aromatic rings. The van der Waals surface area contributed by atoms with Crippen molar-refractivity contribution in [3.8, 4) is 5.75 Å². The minimum Gasteiger partial charge on any atom is -0.492 e. The maximum Gasteiger partial charge on any atom is 0.314 e. The molecular formula is C15H13BrO3. The molecule has 0 fully saturated rings. The molecule has 0 spiro atoms. The second-order valence-corrected chi connectivity index (χ2v) is 4.99. The number of aliphatic carboxylic acids is 1. The van der Waals surface area contributed by atoms with Crippen LogP contribution in [0.3, 0.4) is 0 Å². The molecule has 3 nitrogen and oxygen atoms in total. The van der Waals surface area contributed by atoms with Gasteiger partial charge >= 0.3 is 5.97 Å². The van der Waals surface area contributed by atoms with Crippen molar-refractivity contribution >= 4 is 21.9 Å². The number of carboxylic acids is 1. The molecule has 0 heterocycles. The van der Waals surface area contributed by atoms with E-state index in [0.29, 0.717) is 5.75 Å². The van der Waals surface area contributed by atoms with Crippen molar-refractivity contribution in [1.29, 1.82) is 0 Å². The molecule has 0 aliphatic heterocycles. The van der Waals surface area contributed by atoms with Crippen LogP contribution in [-0.2, 0) is 4.79 Å². The van der Waals surface area contributed by atoms with Gasteiger partial charge in [-0.25, -0.2) is 0 Å². The van der Waals surface area contributed by atoms with Crippen molar-refractivity contribution < 1.29 is 14.6 Å². The Labute approximate surface area is 120 Å². The van der Waals surface area contributed by atoms with Crippen LogP contribution in [0.15, 0.2) is 59.1 Å². The molecule has 0 saturated carbocycles. The predicted octanol–water partition coefficient (Wildman–Crippen LogP) is 3.70. The van der Waals surface area contributed by atoms with Gasteiger partial charge < -0.3 is 9.84 Å². The average Bonchev–Trinajstić information content (AvgIpc) is 2.40. The van der Waals surface area contributed by atoms with Crippen molar-refractivity contribution in [3.63, 3.8) is 0 Å². The Morgan fingerprint density at radius 2 is 1.89 bits per heavy atom. The zero-order chi connectivity index (χ0) is 13.7. The van der Waals surface area contributed by atoms with Crippen LogP contribution < -0.4 is 4.74 Å². The molecule has 4 heteroatoms. The Bertz CT molecular complexity index is 554. The van der Waals surface area contributed by atoms with Crippen LogP contribution in [0.5, 0.6) is 5.75 Å². The summed E-state index contributed by atoms with van der Waals surface area (Å²) in [5.74, 6) is -0.905. The third kappa shape index (κ3) is 3.83. The lowest BCUT2D eigenvalue weighted by Gasteiger charge is -2.14. The first kappa shape index (κ1) is 13.6. The number of carbonyl (C=O) groups is 1. The van der Waals surface area contributed by atoms with Gasteiger partial charge in [0.15, 0.2) is 0 Å². The van der Waals surface area contributed by atoms with Gasteiger partial charge in [0.2, 0.25) is 0 Å². The van der Waals surface area contributed by atoms with E-state index in [1.807, 2.05) is 36.4 Å². The van der Waals surface area contributed by atoms with E-state index in [1.165, 1.54) is 0 Å². The first-order valence-electron chi connectivity index (χ1n) is 5.83. The highest BCUT2D eigenvalue weighted by atomic mass is 79.9. The smallest absolute Gasteiger partial charge is 0.314 e. The summed E-state index contributed by atoms with van der Waals surface area (Å²) in [4.78, 5) is 11.3.